The molecule has 0 aromatic heterocycles. The Morgan fingerprint density at radius 2 is 1.54 bits per heavy atom. The highest BCUT2D eigenvalue weighted by Gasteiger charge is 2.53. The van der Waals surface area contributed by atoms with Gasteiger partial charge in [-0.3, -0.25) is 14.5 Å². The molecule has 0 bridgehead atoms. The van der Waals surface area contributed by atoms with Gasteiger partial charge in [0.25, 0.3) is 5.91 Å². The number of nitrogens with zero attached hydrogens (tertiary/aromatic N) is 1. The van der Waals surface area contributed by atoms with Crippen molar-refractivity contribution in [1.29, 1.82) is 0 Å². The summed E-state index contributed by atoms with van der Waals surface area (Å²) in [6, 6.07) is 20.8. The van der Waals surface area contributed by atoms with E-state index in [0.29, 0.717) is 16.9 Å². The van der Waals surface area contributed by atoms with Crippen LogP contribution in [0.2, 0.25) is 0 Å². The summed E-state index contributed by atoms with van der Waals surface area (Å²) in [6.07, 6.45) is -0.0333. The maximum absolute atomic E-state index is 13.3. The van der Waals surface area contributed by atoms with E-state index >= 15 is 0 Å². The van der Waals surface area contributed by atoms with Crippen molar-refractivity contribution in [3.63, 3.8) is 0 Å². The zero-order chi connectivity index (χ0) is 29.6. The van der Waals surface area contributed by atoms with Gasteiger partial charge in [-0.15, -0.1) is 0 Å². The summed E-state index contributed by atoms with van der Waals surface area (Å²) in [5, 5.41) is 13.0. The molecule has 3 aromatic rings. The third-order valence-electron chi connectivity index (χ3n) is 6.54. The molecular weight excluding hydrogens is 548 g/mol. The number of nitrogens with one attached hydrogen (secondary N) is 1. The molecule has 1 aliphatic heterocycles. The molecule has 10 nitrogen and oxygen atoms in total. The second-order valence-corrected chi connectivity index (χ2v) is 11.5. The van der Waals surface area contributed by atoms with Gasteiger partial charge in [0.15, 0.2) is 15.5 Å². The highest BCUT2D eigenvalue weighted by molar-refractivity contribution is 7.91. The van der Waals surface area contributed by atoms with Crippen molar-refractivity contribution in [3.8, 4) is 5.75 Å². The maximum atomic E-state index is 13.3. The van der Waals surface area contributed by atoms with E-state index in [4.69, 9.17) is 9.47 Å². The number of ether oxygens (including phenoxy) is 2. The molecule has 11 heteroatoms. The molecule has 1 saturated heterocycles. The number of rotatable bonds is 11. The van der Waals surface area contributed by atoms with Crippen LogP contribution in [0.3, 0.4) is 0 Å². The molecular formula is C30H30N2O8S. The van der Waals surface area contributed by atoms with Gasteiger partial charge in [-0.05, 0) is 42.3 Å². The molecule has 2 unspecified atom stereocenters. The SMILES string of the molecule is COc1ccc(COC(=O)/C(=C(\C)O)N2C(=O)C(NC(=O)Cc3ccccc3)C2CS(=O)(=O)c2ccccc2)cc1. The van der Waals surface area contributed by atoms with Crippen molar-refractivity contribution in [2.45, 2.75) is 36.9 Å². The predicted molar refractivity (Wildman–Crippen MR) is 149 cm³/mol. The topological polar surface area (TPSA) is 139 Å². The number of likely N-dealkylation sites (tertiary alicyclic amines) is 1. The number of esters is 1. The molecule has 0 spiro atoms. The largest absolute Gasteiger partial charge is 0.510 e. The highest BCUT2D eigenvalue weighted by Crippen LogP contribution is 2.31. The van der Waals surface area contributed by atoms with Crippen LogP contribution in [0.4, 0.5) is 0 Å². The summed E-state index contributed by atoms with van der Waals surface area (Å²) in [5.74, 6) is -2.80. The second kappa shape index (κ2) is 12.7. The van der Waals surface area contributed by atoms with Gasteiger partial charge in [0.05, 0.1) is 30.2 Å². The standard InChI is InChI=1S/C30H30N2O8S/c1-20(33)28(30(36)40-18-22-13-15-23(39-2)16-14-22)32-25(19-41(37,38)24-11-7-4-8-12-24)27(29(32)35)31-26(34)17-21-9-5-3-6-10-21/h3-16,25,27,33H,17-19H2,1-2H3,(H,31,34)/b28-20-. The summed E-state index contributed by atoms with van der Waals surface area (Å²) in [4.78, 5) is 40.1. The summed E-state index contributed by atoms with van der Waals surface area (Å²) < 4.78 is 37.0. The number of allylic oxidation sites excluding steroid dienone is 1. The first-order valence-corrected chi connectivity index (χ1v) is 14.4. The molecule has 3 aromatic carbocycles. The van der Waals surface area contributed by atoms with Crippen LogP contribution in [0, 0.1) is 0 Å². The van der Waals surface area contributed by atoms with Crippen LogP contribution in [0.1, 0.15) is 18.1 Å². The van der Waals surface area contributed by atoms with Crippen LogP contribution < -0.4 is 10.1 Å². The molecule has 1 aliphatic rings. The third kappa shape index (κ3) is 6.93. The lowest BCUT2D eigenvalue weighted by molar-refractivity contribution is -0.156. The fraction of sp³-hybridized carbons (Fsp3) is 0.233. The van der Waals surface area contributed by atoms with Crippen LogP contribution in [0.5, 0.6) is 5.75 Å². The number of aliphatic hydroxyl groups is 1. The third-order valence-corrected chi connectivity index (χ3v) is 8.31. The first-order valence-electron chi connectivity index (χ1n) is 12.7. The monoisotopic (exact) mass is 578 g/mol. The number of methoxy groups -OCH3 is 1. The molecule has 41 heavy (non-hydrogen) atoms. The quantitative estimate of drug-likeness (QED) is 0.153. The lowest BCUT2D eigenvalue weighted by Gasteiger charge is -2.47. The Hall–Kier alpha value is -4.64. The number of benzene rings is 3. The van der Waals surface area contributed by atoms with E-state index in [-0.39, 0.29) is 17.9 Å². The van der Waals surface area contributed by atoms with Gasteiger partial charge in [-0.2, -0.15) is 0 Å². The van der Waals surface area contributed by atoms with Crippen molar-refractivity contribution < 1.29 is 37.4 Å². The molecule has 2 amide bonds. The van der Waals surface area contributed by atoms with E-state index in [9.17, 15) is 27.9 Å². The van der Waals surface area contributed by atoms with Gasteiger partial charge >= 0.3 is 5.97 Å². The molecule has 0 saturated carbocycles. The van der Waals surface area contributed by atoms with Gasteiger partial charge in [0.2, 0.25) is 5.91 Å². The van der Waals surface area contributed by atoms with Crippen LogP contribution in [-0.2, 0) is 42.0 Å². The molecule has 214 valence electrons. The van der Waals surface area contributed by atoms with Gasteiger partial charge in [0.1, 0.15) is 24.2 Å². The number of sulfone groups is 1. The number of β-lactam (4-membered cyclic amide) rings is 1. The van der Waals surface area contributed by atoms with Gasteiger partial charge in [-0.1, -0.05) is 60.7 Å². The minimum absolute atomic E-state index is 0.0157. The Kier molecular flexibility index (Phi) is 9.08. The Morgan fingerprint density at radius 1 is 0.927 bits per heavy atom. The molecule has 2 N–H and O–H groups in total. The lowest BCUT2D eigenvalue weighted by Crippen LogP contribution is -2.72. The number of carbonyl (C=O) groups excluding carboxylic acids is 3. The lowest BCUT2D eigenvalue weighted by atomic mass is 9.94. The Morgan fingerprint density at radius 3 is 2.12 bits per heavy atom. The number of hydrogen-bond acceptors (Lipinski definition) is 8. The number of amides is 2. The van der Waals surface area contributed by atoms with Crippen molar-refractivity contribution >= 4 is 27.6 Å². The van der Waals surface area contributed by atoms with Gasteiger partial charge in [0, 0.05) is 0 Å². The van der Waals surface area contributed by atoms with Crippen molar-refractivity contribution in [2.75, 3.05) is 12.9 Å². The minimum Gasteiger partial charge on any atom is -0.510 e. The highest BCUT2D eigenvalue weighted by atomic mass is 32.2. The van der Waals surface area contributed by atoms with E-state index in [2.05, 4.69) is 5.32 Å². The summed E-state index contributed by atoms with van der Waals surface area (Å²) in [7, 11) is -2.44. The molecule has 2 atom stereocenters. The van der Waals surface area contributed by atoms with E-state index in [1.807, 2.05) is 0 Å². The Balaban J connectivity index is 1.57. The molecule has 0 aliphatic carbocycles. The zero-order valence-corrected chi connectivity index (χ0v) is 23.3. The summed E-state index contributed by atoms with van der Waals surface area (Å²) in [5.41, 5.74) is 0.833. The minimum atomic E-state index is -3.96. The van der Waals surface area contributed by atoms with E-state index in [1.165, 1.54) is 26.2 Å². The average Bonchev–Trinajstić information content (AvgIpc) is 2.97. The molecule has 0 radical (unpaired) electrons. The number of aliphatic hydroxyl groups excluding tert-OH is 1. The number of carbonyl (C=O) groups is 3. The van der Waals surface area contributed by atoms with E-state index in [1.54, 1.807) is 72.8 Å². The van der Waals surface area contributed by atoms with Crippen LogP contribution in [0.15, 0.2) is 101 Å². The normalized spacial score (nSPS) is 17.2. The fourth-order valence-electron chi connectivity index (χ4n) is 4.46. The van der Waals surface area contributed by atoms with Crippen molar-refractivity contribution in [3.05, 3.63) is 108 Å². The predicted octanol–water partition coefficient (Wildman–Crippen LogP) is 2.94. The molecule has 1 heterocycles. The first-order chi connectivity index (χ1) is 19.6. The van der Waals surface area contributed by atoms with Crippen molar-refractivity contribution in [1.82, 2.24) is 10.2 Å². The maximum Gasteiger partial charge on any atom is 0.358 e. The van der Waals surface area contributed by atoms with Crippen LogP contribution >= 0.6 is 0 Å². The Bertz CT molecular complexity index is 1530. The molecule has 1 fully saturated rings. The smallest absolute Gasteiger partial charge is 0.358 e. The Labute approximate surface area is 238 Å². The first kappa shape index (κ1) is 29.3. The fourth-order valence-corrected chi connectivity index (χ4v) is 6.02. The van der Waals surface area contributed by atoms with Gasteiger partial charge < -0.3 is 19.9 Å². The van der Waals surface area contributed by atoms with E-state index < -0.39 is 56.9 Å². The van der Waals surface area contributed by atoms with E-state index in [0.717, 1.165) is 4.90 Å². The zero-order valence-electron chi connectivity index (χ0n) is 22.5. The summed E-state index contributed by atoms with van der Waals surface area (Å²) in [6.45, 7) is 1.02. The average molecular weight is 579 g/mol. The number of hydrogen-bond donors (Lipinski definition) is 2. The van der Waals surface area contributed by atoms with Crippen LogP contribution in [0.25, 0.3) is 0 Å². The summed E-state index contributed by atoms with van der Waals surface area (Å²) >= 11 is 0. The van der Waals surface area contributed by atoms with Crippen LogP contribution in [-0.4, -0.2) is 61.2 Å². The van der Waals surface area contributed by atoms with Crippen molar-refractivity contribution in [2.24, 2.45) is 0 Å². The molecule has 4 rings (SSSR count). The second-order valence-electron chi connectivity index (χ2n) is 9.44. The van der Waals surface area contributed by atoms with Gasteiger partial charge in [-0.25, -0.2) is 13.2 Å².